The Hall–Kier alpha value is -1.60. The van der Waals surface area contributed by atoms with E-state index in [0.717, 1.165) is 0 Å². The van der Waals surface area contributed by atoms with Crippen molar-refractivity contribution in [3.8, 4) is 11.5 Å². The molecule has 0 spiro atoms. The second kappa shape index (κ2) is 4.28. The van der Waals surface area contributed by atoms with E-state index in [1.165, 1.54) is 18.3 Å². The standard InChI is InChI=1S/C11H13NO2Si/c1-15(2,3)7-5-10-8-9(11(13)14)4-6-12-10/h4,6,8H,1-3H3,(H,13,14). The molecule has 0 unspecified atom stereocenters. The first kappa shape index (κ1) is 11.5. The number of carboxylic acids is 1. The largest absolute Gasteiger partial charge is 0.478 e. The van der Waals surface area contributed by atoms with Gasteiger partial charge >= 0.3 is 5.97 Å². The number of aromatic carboxylic acids is 1. The summed E-state index contributed by atoms with van der Waals surface area (Å²) in [6.45, 7) is 6.38. The summed E-state index contributed by atoms with van der Waals surface area (Å²) in [7, 11) is -1.43. The van der Waals surface area contributed by atoms with Gasteiger partial charge in [-0.1, -0.05) is 25.6 Å². The molecule has 0 radical (unpaired) electrons. The van der Waals surface area contributed by atoms with Crippen molar-refractivity contribution in [2.75, 3.05) is 0 Å². The molecule has 0 aliphatic rings. The quantitative estimate of drug-likeness (QED) is 0.580. The summed E-state index contributed by atoms with van der Waals surface area (Å²) in [5.41, 5.74) is 3.89. The van der Waals surface area contributed by atoms with Gasteiger partial charge in [0.25, 0.3) is 0 Å². The summed E-state index contributed by atoms with van der Waals surface area (Å²) >= 11 is 0. The lowest BCUT2D eigenvalue weighted by molar-refractivity contribution is 0.0696. The SMILES string of the molecule is C[Si](C)(C)C#Cc1cc(C(=O)O)ccn1. The van der Waals surface area contributed by atoms with E-state index in [-0.39, 0.29) is 5.56 Å². The Bertz CT molecular complexity index is 438. The van der Waals surface area contributed by atoms with Gasteiger partial charge in [-0.3, -0.25) is 0 Å². The van der Waals surface area contributed by atoms with Gasteiger partial charge in [-0.05, 0) is 12.1 Å². The minimum atomic E-state index is -1.43. The zero-order chi connectivity index (χ0) is 11.5. The molecule has 1 N–H and O–H groups in total. The van der Waals surface area contributed by atoms with Crippen molar-refractivity contribution < 1.29 is 9.90 Å². The lowest BCUT2D eigenvalue weighted by atomic mass is 10.2. The molecule has 1 rings (SSSR count). The van der Waals surface area contributed by atoms with Crippen LogP contribution < -0.4 is 0 Å². The van der Waals surface area contributed by atoms with Crippen LogP contribution in [0.4, 0.5) is 0 Å². The third-order valence-electron chi connectivity index (χ3n) is 1.57. The van der Waals surface area contributed by atoms with Crippen LogP contribution in [0.1, 0.15) is 16.1 Å². The highest BCUT2D eigenvalue weighted by Crippen LogP contribution is 2.02. The van der Waals surface area contributed by atoms with Gasteiger partial charge in [0.1, 0.15) is 13.8 Å². The fourth-order valence-electron chi connectivity index (χ4n) is 0.883. The minimum absolute atomic E-state index is 0.227. The maximum atomic E-state index is 10.7. The number of aromatic nitrogens is 1. The van der Waals surface area contributed by atoms with Gasteiger partial charge in [0.15, 0.2) is 0 Å². The Kier molecular flexibility index (Phi) is 3.27. The molecule has 0 amide bonds. The third-order valence-corrected chi connectivity index (χ3v) is 2.45. The molecular formula is C11H13NO2Si. The van der Waals surface area contributed by atoms with Crippen LogP contribution in [0.3, 0.4) is 0 Å². The highest BCUT2D eigenvalue weighted by Gasteiger charge is 2.08. The number of rotatable bonds is 1. The van der Waals surface area contributed by atoms with Gasteiger partial charge in [0.05, 0.1) is 5.56 Å². The molecule has 0 bridgehead atoms. The second-order valence-electron chi connectivity index (χ2n) is 4.23. The maximum absolute atomic E-state index is 10.7. The van der Waals surface area contributed by atoms with E-state index >= 15 is 0 Å². The summed E-state index contributed by atoms with van der Waals surface area (Å²) in [5.74, 6) is 1.97. The molecule has 4 heteroatoms. The van der Waals surface area contributed by atoms with E-state index in [2.05, 4.69) is 36.1 Å². The van der Waals surface area contributed by atoms with Gasteiger partial charge in [-0.2, -0.15) is 0 Å². The van der Waals surface area contributed by atoms with Gasteiger partial charge < -0.3 is 5.11 Å². The van der Waals surface area contributed by atoms with E-state index in [0.29, 0.717) is 5.69 Å². The van der Waals surface area contributed by atoms with Crippen LogP contribution in [0.15, 0.2) is 18.3 Å². The molecule has 0 aliphatic heterocycles. The van der Waals surface area contributed by atoms with Gasteiger partial charge in [-0.25, -0.2) is 9.78 Å². The first-order valence-electron chi connectivity index (χ1n) is 4.61. The molecule has 0 saturated heterocycles. The molecule has 0 fully saturated rings. The van der Waals surface area contributed by atoms with Gasteiger partial charge in [0, 0.05) is 6.20 Å². The molecule has 1 aromatic rings. The fraction of sp³-hybridized carbons (Fsp3) is 0.273. The maximum Gasteiger partial charge on any atom is 0.335 e. The highest BCUT2D eigenvalue weighted by atomic mass is 28.3. The Labute approximate surface area is 90.2 Å². The molecule has 78 valence electrons. The molecule has 1 heterocycles. The van der Waals surface area contributed by atoms with Gasteiger partial charge in [0.2, 0.25) is 0 Å². The normalized spacial score (nSPS) is 10.3. The van der Waals surface area contributed by atoms with Crippen LogP contribution in [0.2, 0.25) is 19.6 Å². The molecule has 15 heavy (non-hydrogen) atoms. The third kappa shape index (κ3) is 3.96. The number of carbonyl (C=O) groups is 1. The van der Waals surface area contributed by atoms with E-state index < -0.39 is 14.0 Å². The minimum Gasteiger partial charge on any atom is -0.478 e. The van der Waals surface area contributed by atoms with Crippen LogP contribution in [0.5, 0.6) is 0 Å². The molecule has 1 aromatic heterocycles. The van der Waals surface area contributed by atoms with Crippen LogP contribution in [0, 0.1) is 11.5 Å². The van der Waals surface area contributed by atoms with E-state index in [1.807, 2.05) is 0 Å². The summed E-state index contributed by atoms with van der Waals surface area (Å²) in [6, 6.07) is 2.96. The number of pyridine rings is 1. The highest BCUT2D eigenvalue weighted by molar-refractivity contribution is 6.83. The summed E-state index contributed by atoms with van der Waals surface area (Å²) in [6.07, 6.45) is 1.47. The number of hydrogen-bond donors (Lipinski definition) is 1. The Morgan fingerprint density at radius 1 is 1.47 bits per heavy atom. The smallest absolute Gasteiger partial charge is 0.335 e. The van der Waals surface area contributed by atoms with Crippen LogP contribution in [-0.4, -0.2) is 24.1 Å². The van der Waals surface area contributed by atoms with Crippen LogP contribution in [0.25, 0.3) is 0 Å². The molecule has 0 saturated carbocycles. The first-order chi connectivity index (χ1) is 6.88. The Morgan fingerprint density at radius 3 is 2.67 bits per heavy atom. The molecular weight excluding hydrogens is 206 g/mol. The molecule has 0 atom stereocenters. The van der Waals surface area contributed by atoms with Crippen molar-refractivity contribution in [1.82, 2.24) is 4.98 Å². The monoisotopic (exact) mass is 219 g/mol. The number of nitrogens with zero attached hydrogens (tertiary/aromatic N) is 1. The van der Waals surface area contributed by atoms with Crippen molar-refractivity contribution >= 4 is 14.0 Å². The summed E-state index contributed by atoms with van der Waals surface area (Å²) in [5, 5.41) is 8.77. The number of hydrogen-bond acceptors (Lipinski definition) is 2. The molecule has 3 nitrogen and oxygen atoms in total. The molecule has 0 aliphatic carbocycles. The first-order valence-corrected chi connectivity index (χ1v) is 8.11. The Morgan fingerprint density at radius 2 is 2.13 bits per heavy atom. The Balaban J connectivity index is 3.00. The number of carboxylic acid groups (broad SMARTS) is 1. The zero-order valence-corrected chi connectivity index (χ0v) is 10.0. The zero-order valence-electron chi connectivity index (χ0n) is 9.03. The van der Waals surface area contributed by atoms with E-state index in [9.17, 15) is 4.79 Å². The lowest BCUT2D eigenvalue weighted by Crippen LogP contribution is -2.16. The van der Waals surface area contributed by atoms with Crippen LogP contribution in [-0.2, 0) is 0 Å². The van der Waals surface area contributed by atoms with Crippen molar-refractivity contribution in [3.05, 3.63) is 29.6 Å². The van der Waals surface area contributed by atoms with Crippen molar-refractivity contribution in [1.29, 1.82) is 0 Å². The second-order valence-corrected chi connectivity index (χ2v) is 8.98. The summed E-state index contributed by atoms with van der Waals surface area (Å²) in [4.78, 5) is 14.7. The lowest BCUT2D eigenvalue weighted by Gasteiger charge is -2.03. The average Bonchev–Trinajstić information content (AvgIpc) is 2.14. The molecule has 0 aromatic carbocycles. The van der Waals surface area contributed by atoms with E-state index in [4.69, 9.17) is 5.11 Å². The van der Waals surface area contributed by atoms with E-state index in [1.54, 1.807) is 0 Å². The predicted molar refractivity (Wildman–Crippen MR) is 61.4 cm³/mol. The topological polar surface area (TPSA) is 50.2 Å². The van der Waals surface area contributed by atoms with Crippen molar-refractivity contribution in [2.45, 2.75) is 19.6 Å². The average molecular weight is 219 g/mol. The van der Waals surface area contributed by atoms with Crippen molar-refractivity contribution in [2.24, 2.45) is 0 Å². The fourth-order valence-corrected chi connectivity index (χ4v) is 1.39. The summed E-state index contributed by atoms with van der Waals surface area (Å²) < 4.78 is 0. The predicted octanol–water partition coefficient (Wildman–Crippen LogP) is 2.01. The van der Waals surface area contributed by atoms with Gasteiger partial charge in [-0.15, -0.1) is 5.54 Å². The van der Waals surface area contributed by atoms with Crippen molar-refractivity contribution in [3.63, 3.8) is 0 Å². The van der Waals surface area contributed by atoms with Crippen LogP contribution >= 0.6 is 0 Å².